The molecule has 1 saturated carbocycles. The Morgan fingerprint density at radius 3 is 2.43 bits per heavy atom. The van der Waals surface area contributed by atoms with E-state index in [4.69, 9.17) is 9.47 Å². The Labute approximate surface area is 126 Å². The monoisotopic (exact) mass is 323 g/mol. The number of methoxy groups -OCH3 is 2. The number of carboxylic acid groups (broad SMARTS) is 1. The molecule has 7 nitrogen and oxygen atoms in total. The second-order valence-electron chi connectivity index (χ2n) is 5.20. The zero-order chi connectivity index (χ0) is 15.9. The maximum atomic E-state index is 12.7. The van der Waals surface area contributed by atoms with Crippen LogP contribution in [0.25, 0.3) is 0 Å². The van der Waals surface area contributed by atoms with Crippen LogP contribution in [0.1, 0.15) is 25.7 Å². The smallest absolute Gasteiger partial charge is 0.307 e. The SMILES string of the molecule is COCCCN(CCOC)S(=O)(=O)C1CCCC1C(=O)O. The van der Waals surface area contributed by atoms with Crippen LogP contribution in [0.15, 0.2) is 0 Å². The van der Waals surface area contributed by atoms with Gasteiger partial charge in [0, 0.05) is 33.9 Å². The molecule has 0 radical (unpaired) electrons. The molecule has 2 unspecified atom stereocenters. The molecule has 0 aromatic carbocycles. The third-order valence-corrected chi connectivity index (χ3v) is 6.23. The predicted molar refractivity (Wildman–Crippen MR) is 77.6 cm³/mol. The molecule has 1 rings (SSSR count). The molecular weight excluding hydrogens is 298 g/mol. The van der Waals surface area contributed by atoms with E-state index in [-0.39, 0.29) is 13.2 Å². The van der Waals surface area contributed by atoms with E-state index in [1.807, 2.05) is 0 Å². The van der Waals surface area contributed by atoms with Crippen molar-refractivity contribution in [3.05, 3.63) is 0 Å². The lowest BCUT2D eigenvalue weighted by molar-refractivity contribution is -0.141. The van der Waals surface area contributed by atoms with Crippen LogP contribution in [0.3, 0.4) is 0 Å². The highest BCUT2D eigenvalue weighted by Crippen LogP contribution is 2.33. The maximum absolute atomic E-state index is 12.7. The summed E-state index contributed by atoms with van der Waals surface area (Å²) in [6.07, 6.45) is 2.05. The highest BCUT2D eigenvalue weighted by atomic mass is 32.2. The summed E-state index contributed by atoms with van der Waals surface area (Å²) in [7, 11) is -0.560. The van der Waals surface area contributed by atoms with Crippen LogP contribution in [-0.2, 0) is 24.3 Å². The van der Waals surface area contributed by atoms with Crippen molar-refractivity contribution in [1.29, 1.82) is 0 Å². The van der Waals surface area contributed by atoms with Gasteiger partial charge in [0.1, 0.15) is 0 Å². The van der Waals surface area contributed by atoms with Crippen molar-refractivity contribution in [3.8, 4) is 0 Å². The molecule has 0 aromatic rings. The van der Waals surface area contributed by atoms with Crippen molar-refractivity contribution in [1.82, 2.24) is 4.31 Å². The van der Waals surface area contributed by atoms with E-state index in [0.717, 1.165) is 0 Å². The van der Waals surface area contributed by atoms with E-state index in [1.165, 1.54) is 11.4 Å². The highest BCUT2D eigenvalue weighted by molar-refractivity contribution is 7.89. The average Bonchev–Trinajstić information content (AvgIpc) is 2.92. The fraction of sp³-hybridized carbons (Fsp3) is 0.923. The Balaban J connectivity index is 2.83. The third kappa shape index (κ3) is 4.91. The van der Waals surface area contributed by atoms with Crippen LogP contribution in [0.2, 0.25) is 0 Å². The predicted octanol–water partition coefficient (Wildman–Crippen LogP) is 0.554. The molecule has 21 heavy (non-hydrogen) atoms. The van der Waals surface area contributed by atoms with Crippen molar-refractivity contribution in [3.63, 3.8) is 0 Å². The third-order valence-electron chi connectivity index (χ3n) is 3.81. The number of carbonyl (C=O) groups is 1. The molecular formula is C13H25NO6S. The second-order valence-corrected chi connectivity index (χ2v) is 7.35. The van der Waals surface area contributed by atoms with Crippen LogP contribution < -0.4 is 0 Å². The normalized spacial score (nSPS) is 22.8. The minimum absolute atomic E-state index is 0.241. The van der Waals surface area contributed by atoms with Gasteiger partial charge in [-0.1, -0.05) is 6.42 Å². The number of hydrogen-bond acceptors (Lipinski definition) is 5. The van der Waals surface area contributed by atoms with Crippen LogP contribution in [-0.4, -0.2) is 69.6 Å². The number of aliphatic carboxylic acids is 1. The molecule has 8 heteroatoms. The van der Waals surface area contributed by atoms with E-state index in [2.05, 4.69) is 0 Å². The number of hydrogen-bond donors (Lipinski definition) is 1. The molecule has 0 heterocycles. The molecule has 0 spiro atoms. The summed E-state index contributed by atoms with van der Waals surface area (Å²) < 4.78 is 36.7. The minimum Gasteiger partial charge on any atom is -0.481 e. The summed E-state index contributed by atoms with van der Waals surface area (Å²) in [5.41, 5.74) is 0. The van der Waals surface area contributed by atoms with E-state index < -0.39 is 27.2 Å². The van der Waals surface area contributed by atoms with Crippen molar-refractivity contribution in [2.24, 2.45) is 5.92 Å². The van der Waals surface area contributed by atoms with Crippen LogP contribution in [0.4, 0.5) is 0 Å². The van der Waals surface area contributed by atoms with Crippen molar-refractivity contribution >= 4 is 16.0 Å². The van der Waals surface area contributed by atoms with E-state index in [0.29, 0.717) is 38.8 Å². The Morgan fingerprint density at radius 2 is 1.86 bits per heavy atom. The van der Waals surface area contributed by atoms with Gasteiger partial charge in [-0.25, -0.2) is 8.42 Å². The molecule has 0 saturated heterocycles. The van der Waals surface area contributed by atoms with Gasteiger partial charge < -0.3 is 14.6 Å². The maximum Gasteiger partial charge on any atom is 0.307 e. The topological polar surface area (TPSA) is 93.1 Å². The van der Waals surface area contributed by atoms with Gasteiger partial charge in [-0.05, 0) is 19.3 Å². The van der Waals surface area contributed by atoms with Gasteiger partial charge in [0.2, 0.25) is 10.0 Å². The number of nitrogens with zero attached hydrogens (tertiary/aromatic N) is 1. The number of sulfonamides is 1. The van der Waals surface area contributed by atoms with Gasteiger partial charge in [-0.2, -0.15) is 4.31 Å². The van der Waals surface area contributed by atoms with Crippen LogP contribution >= 0.6 is 0 Å². The first-order valence-corrected chi connectivity index (χ1v) is 8.65. The zero-order valence-electron chi connectivity index (χ0n) is 12.7. The molecule has 1 aliphatic carbocycles. The summed E-state index contributed by atoms with van der Waals surface area (Å²) in [6.45, 7) is 1.32. The van der Waals surface area contributed by atoms with Gasteiger partial charge in [-0.3, -0.25) is 4.79 Å². The summed E-state index contributed by atoms with van der Waals surface area (Å²) in [5.74, 6) is -1.83. The standard InChI is InChI=1S/C13H25NO6S/c1-19-9-4-7-14(8-10-20-2)21(17,18)12-6-3-5-11(12)13(15)16/h11-12H,3-10H2,1-2H3,(H,15,16). The van der Waals surface area contributed by atoms with Crippen molar-refractivity contribution in [2.45, 2.75) is 30.9 Å². The van der Waals surface area contributed by atoms with Crippen molar-refractivity contribution in [2.75, 3.05) is 40.5 Å². The molecule has 0 aromatic heterocycles. The Bertz CT molecular complexity index is 424. The lowest BCUT2D eigenvalue weighted by Gasteiger charge is -2.27. The molecule has 1 N–H and O–H groups in total. The Hall–Kier alpha value is -0.700. The Morgan fingerprint density at radius 1 is 1.19 bits per heavy atom. The molecule has 0 aliphatic heterocycles. The largest absolute Gasteiger partial charge is 0.481 e. The van der Waals surface area contributed by atoms with Crippen LogP contribution in [0, 0.1) is 5.92 Å². The summed E-state index contributed by atoms with van der Waals surface area (Å²) >= 11 is 0. The van der Waals surface area contributed by atoms with Gasteiger partial charge in [-0.15, -0.1) is 0 Å². The molecule has 124 valence electrons. The summed E-state index contributed by atoms with van der Waals surface area (Å²) in [5, 5.41) is 8.37. The number of rotatable bonds is 10. The first-order valence-electron chi connectivity index (χ1n) is 7.14. The summed E-state index contributed by atoms with van der Waals surface area (Å²) in [6, 6.07) is 0. The lowest BCUT2D eigenvalue weighted by Crippen LogP contribution is -2.44. The average molecular weight is 323 g/mol. The van der Waals surface area contributed by atoms with Gasteiger partial charge in [0.15, 0.2) is 0 Å². The molecule has 1 aliphatic rings. The van der Waals surface area contributed by atoms with Crippen LogP contribution in [0.5, 0.6) is 0 Å². The van der Waals surface area contributed by atoms with E-state index >= 15 is 0 Å². The highest BCUT2D eigenvalue weighted by Gasteiger charge is 2.44. The van der Waals surface area contributed by atoms with E-state index in [9.17, 15) is 18.3 Å². The molecule has 2 atom stereocenters. The van der Waals surface area contributed by atoms with E-state index in [1.54, 1.807) is 7.11 Å². The number of ether oxygens (including phenoxy) is 2. The Kier molecular flexibility index (Phi) is 7.58. The second kappa shape index (κ2) is 8.67. The fourth-order valence-corrected chi connectivity index (χ4v) is 4.93. The first-order chi connectivity index (χ1) is 9.95. The van der Waals surface area contributed by atoms with Gasteiger partial charge in [0.05, 0.1) is 17.8 Å². The van der Waals surface area contributed by atoms with Gasteiger partial charge in [0.25, 0.3) is 0 Å². The fourth-order valence-electron chi connectivity index (χ4n) is 2.70. The quantitative estimate of drug-likeness (QED) is 0.590. The van der Waals surface area contributed by atoms with Crippen molar-refractivity contribution < 1.29 is 27.8 Å². The molecule has 0 amide bonds. The minimum atomic E-state index is -3.63. The first kappa shape index (κ1) is 18.3. The molecule has 1 fully saturated rings. The number of carboxylic acids is 1. The lowest BCUT2D eigenvalue weighted by atomic mass is 10.1. The summed E-state index contributed by atoms with van der Waals surface area (Å²) in [4.78, 5) is 11.2. The van der Waals surface area contributed by atoms with Gasteiger partial charge >= 0.3 is 5.97 Å². The zero-order valence-corrected chi connectivity index (χ0v) is 13.5. The molecule has 0 bridgehead atoms.